The van der Waals surface area contributed by atoms with E-state index in [1.54, 1.807) is 60.7 Å². The maximum Gasteiger partial charge on any atom is 0.273 e. The molecular formula is C21H18BrNO3S. The van der Waals surface area contributed by atoms with Crippen molar-refractivity contribution >= 4 is 37.5 Å². The fraction of sp³-hybridized carbons (Fsp3) is 0.0952. The number of sulfonamides is 1. The number of benzene rings is 3. The van der Waals surface area contributed by atoms with Crippen molar-refractivity contribution in [2.75, 3.05) is 4.31 Å². The van der Waals surface area contributed by atoms with Crippen LogP contribution in [0.3, 0.4) is 0 Å². The number of halogens is 1. The van der Waals surface area contributed by atoms with E-state index in [4.69, 9.17) is 0 Å². The van der Waals surface area contributed by atoms with Gasteiger partial charge in [-0.3, -0.25) is 4.79 Å². The molecule has 0 N–H and O–H groups in total. The normalized spacial score (nSPS) is 11.2. The first-order chi connectivity index (χ1) is 12.8. The summed E-state index contributed by atoms with van der Waals surface area (Å²) in [7, 11) is -4.08. The molecule has 1 amide bonds. The molecule has 138 valence electrons. The summed E-state index contributed by atoms with van der Waals surface area (Å²) >= 11 is 3.34. The maximum absolute atomic E-state index is 13.3. The molecule has 0 aliphatic carbocycles. The number of carbonyl (C=O) groups excluding carboxylic acids is 1. The van der Waals surface area contributed by atoms with E-state index in [9.17, 15) is 13.2 Å². The van der Waals surface area contributed by atoms with E-state index >= 15 is 0 Å². The smallest absolute Gasteiger partial charge is 0.268 e. The Morgan fingerprint density at radius 1 is 0.815 bits per heavy atom. The van der Waals surface area contributed by atoms with E-state index in [0.717, 1.165) is 15.4 Å². The second-order valence-corrected chi connectivity index (χ2v) is 8.84. The average molecular weight is 444 g/mol. The molecule has 0 saturated carbocycles. The number of rotatable bonds is 4. The van der Waals surface area contributed by atoms with Gasteiger partial charge in [-0.15, -0.1) is 0 Å². The highest BCUT2D eigenvalue weighted by molar-refractivity contribution is 9.10. The molecule has 0 aliphatic rings. The van der Waals surface area contributed by atoms with Gasteiger partial charge in [0.2, 0.25) is 0 Å². The summed E-state index contributed by atoms with van der Waals surface area (Å²) < 4.78 is 28.1. The minimum atomic E-state index is -4.08. The Balaban J connectivity index is 2.18. The first kappa shape index (κ1) is 19.3. The van der Waals surface area contributed by atoms with Gasteiger partial charge in [-0.1, -0.05) is 47.5 Å². The van der Waals surface area contributed by atoms with Gasteiger partial charge in [-0.25, -0.2) is 8.42 Å². The number of aryl methyl sites for hydroxylation is 2. The number of hydrogen-bond donors (Lipinski definition) is 0. The molecule has 0 aliphatic heterocycles. The van der Waals surface area contributed by atoms with E-state index in [-0.39, 0.29) is 10.5 Å². The Hall–Kier alpha value is -2.44. The van der Waals surface area contributed by atoms with Crippen LogP contribution in [0.2, 0.25) is 0 Å². The quantitative estimate of drug-likeness (QED) is 0.563. The molecule has 6 heteroatoms. The molecule has 0 heterocycles. The lowest BCUT2D eigenvalue weighted by Crippen LogP contribution is -2.37. The molecule has 4 nitrogen and oxygen atoms in total. The van der Waals surface area contributed by atoms with Crippen LogP contribution in [-0.4, -0.2) is 14.3 Å². The molecule has 0 radical (unpaired) electrons. The summed E-state index contributed by atoms with van der Waals surface area (Å²) in [4.78, 5) is 13.3. The first-order valence-corrected chi connectivity index (χ1v) is 10.5. The molecular weight excluding hydrogens is 426 g/mol. The fourth-order valence-corrected chi connectivity index (χ4v) is 4.47. The standard InChI is InChI=1S/C21H18BrNO3S/c1-15-7-11-17(12-8-15)23(21(24)19-5-3-4-6-20(19)22)27(25,26)18-13-9-16(2)10-14-18/h3-14H,1-2H3. The second kappa shape index (κ2) is 7.66. The highest BCUT2D eigenvalue weighted by Crippen LogP contribution is 2.28. The lowest BCUT2D eigenvalue weighted by atomic mass is 10.2. The largest absolute Gasteiger partial charge is 0.273 e. The van der Waals surface area contributed by atoms with E-state index < -0.39 is 15.9 Å². The summed E-state index contributed by atoms with van der Waals surface area (Å²) in [5.74, 6) is -0.619. The van der Waals surface area contributed by atoms with Crippen molar-refractivity contribution < 1.29 is 13.2 Å². The Labute approximate surface area is 167 Å². The zero-order valence-corrected chi connectivity index (χ0v) is 17.3. The monoisotopic (exact) mass is 443 g/mol. The highest BCUT2D eigenvalue weighted by atomic mass is 79.9. The van der Waals surface area contributed by atoms with Crippen LogP contribution in [0.15, 0.2) is 82.2 Å². The van der Waals surface area contributed by atoms with Gasteiger partial charge in [0.1, 0.15) is 0 Å². The first-order valence-electron chi connectivity index (χ1n) is 8.28. The molecule has 0 saturated heterocycles. The third-order valence-electron chi connectivity index (χ3n) is 4.12. The van der Waals surface area contributed by atoms with Crippen LogP contribution in [0.25, 0.3) is 0 Å². The molecule has 0 spiro atoms. The molecule has 0 aromatic heterocycles. The van der Waals surface area contributed by atoms with Crippen molar-refractivity contribution in [3.8, 4) is 0 Å². The molecule has 3 aromatic rings. The predicted octanol–water partition coefficient (Wildman–Crippen LogP) is 5.10. The highest BCUT2D eigenvalue weighted by Gasteiger charge is 2.32. The third-order valence-corrected chi connectivity index (χ3v) is 6.53. The van der Waals surface area contributed by atoms with Gasteiger partial charge < -0.3 is 0 Å². The Morgan fingerprint density at radius 2 is 1.33 bits per heavy atom. The Bertz CT molecular complexity index is 1080. The van der Waals surface area contributed by atoms with Crippen molar-refractivity contribution in [2.24, 2.45) is 0 Å². The van der Waals surface area contributed by atoms with Gasteiger partial charge in [-0.2, -0.15) is 4.31 Å². The fourth-order valence-electron chi connectivity index (χ4n) is 2.61. The van der Waals surface area contributed by atoms with Crippen LogP contribution >= 0.6 is 15.9 Å². The topological polar surface area (TPSA) is 54.5 Å². The molecule has 3 rings (SSSR count). The van der Waals surface area contributed by atoms with Crippen molar-refractivity contribution in [3.63, 3.8) is 0 Å². The van der Waals surface area contributed by atoms with Gasteiger partial charge in [0.25, 0.3) is 15.9 Å². The van der Waals surface area contributed by atoms with Gasteiger partial charge in [0.05, 0.1) is 16.1 Å². The van der Waals surface area contributed by atoms with E-state index in [1.807, 2.05) is 13.8 Å². The summed E-state index contributed by atoms with van der Waals surface area (Å²) in [5, 5.41) is 0. The van der Waals surface area contributed by atoms with Crippen molar-refractivity contribution in [3.05, 3.63) is 94.0 Å². The van der Waals surface area contributed by atoms with Crippen LogP contribution in [0, 0.1) is 13.8 Å². The Morgan fingerprint density at radius 3 is 1.89 bits per heavy atom. The summed E-state index contributed by atoms with van der Waals surface area (Å²) in [6.07, 6.45) is 0. The minimum absolute atomic E-state index is 0.0640. The molecule has 27 heavy (non-hydrogen) atoms. The maximum atomic E-state index is 13.3. The Kier molecular flexibility index (Phi) is 5.48. The molecule has 0 atom stereocenters. The lowest BCUT2D eigenvalue weighted by Gasteiger charge is -2.23. The summed E-state index contributed by atoms with van der Waals surface area (Å²) in [6, 6.07) is 20.0. The van der Waals surface area contributed by atoms with Crippen LogP contribution in [-0.2, 0) is 10.0 Å². The van der Waals surface area contributed by atoms with E-state index in [1.165, 1.54) is 12.1 Å². The third kappa shape index (κ3) is 3.96. The average Bonchev–Trinajstić information content (AvgIpc) is 2.64. The summed E-state index contributed by atoms with van der Waals surface area (Å²) in [5.41, 5.74) is 2.48. The molecule has 0 bridgehead atoms. The van der Waals surface area contributed by atoms with Crippen LogP contribution in [0.5, 0.6) is 0 Å². The SMILES string of the molecule is Cc1ccc(N(C(=O)c2ccccc2Br)S(=O)(=O)c2ccc(C)cc2)cc1. The van der Waals surface area contributed by atoms with Crippen molar-refractivity contribution in [2.45, 2.75) is 18.7 Å². The zero-order chi connectivity index (χ0) is 19.6. The van der Waals surface area contributed by atoms with Crippen LogP contribution in [0.1, 0.15) is 21.5 Å². The number of carbonyl (C=O) groups is 1. The minimum Gasteiger partial charge on any atom is -0.268 e. The molecule has 3 aromatic carbocycles. The zero-order valence-electron chi connectivity index (χ0n) is 14.9. The lowest BCUT2D eigenvalue weighted by molar-refractivity contribution is 0.100. The second-order valence-electron chi connectivity index (χ2n) is 6.20. The van der Waals surface area contributed by atoms with Gasteiger partial charge >= 0.3 is 0 Å². The van der Waals surface area contributed by atoms with Crippen LogP contribution in [0.4, 0.5) is 5.69 Å². The number of hydrogen-bond acceptors (Lipinski definition) is 3. The van der Waals surface area contributed by atoms with Crippen molar-refractivity contribution in [1.29, 1.82) is 0 Å². The number of amides is 1. The van der Waals surface area contributed by atoms with Gasteiger partial charge in [0.15, 0.2) is 0 Å². The predicted molar refractivity (Wildman–Crippen MR) is 110 cm³/mol. The van der Waals surface area contributed by atoms with E-state index in [0.29, 0.717) is 10.2 Å². The van der Waals surface area contributed by atoms with E-state index in [2.05, 4.69) is 15.9 Å². The number of anilines is 1. The van der Waals surface area contributed by atoms with Gasteiger partial charge in [-0.05, 0) is 66.2 Å². The van der Waals surface area contributed by atoms with Crippen molar-refractivity contribution in [1.82, 2.24) is 0 Å². The number of nitrogens with zero attached hydrogens (tertiary/aromatic N) is 1. The van der Waals surface area contributed by atoms with Gasteiger partial charge in [0, 0.05) is 4.47 Å². The van der Waals surface area contributed by atoms with Crippen LogP contribution < -0.4 is 4.31 Å². The molecule has 0 fully saturated rings. The molecule has 0 unspecified atom stereocenters. The summed E-state index contributed by atoms with van der Waals surface area (Å²) in [6.45, 7) is 3.78.